The Hall–Kier alpha value is -3.41. The second-order valence-corrected chi connectivity index (χ2v) is 7.85. The Bertz CT molecular complexity index is 1060. The highest BCUT2D eigenvalue weighted by molar-refractivity contribution is 5.79. The number of nitrogens with one attached hydrogen (secondary N) is 1. The molecule has 6 heteroatoms. The maximum atomic E-state index is 12.5. The summed E-state index contributed by atoms with van der Waals surface area (Å²) < 4.78 is 5.71. The van der Waals surface area contributed by atoms with Crippen LogP contribution < -0.4 is 5.32 Å². The molecule has 2 aromatic carbocycles. The Morgan fingerprint density at radius 1 is 1.06 bits per heavy atom. The van der Waals surface area contributed by atoms with Crippen LogP contribution >= 0.6 is 0 Å². The molecule has 0 spiro atoms. The van der Waals surface area contributed by atoms with Crippen molar-refractivity contribution < 1.29 is 14.0 Å². The van der Waals surface area contributed by atoms with Crippen molar-refractivity contribution in [1.29, 1.82) is 0 Å². The summed E-state index contributed by atoms with van der Waals surface area (Å²) in [4.78, 5) is 31.2. The Kier molecular flexibility index (Phi) is 6.46. The van der Waals surface area contributed by atoms with Gasteiger partial charge in [0, 0.05) is 31.6 Å². The fraction of sp³-hybridized carbons (Fsp3) is 0.320. The van der Waals surface area contributed by atoms with Gasteiger partial charge in [-0.1, -0.05) is 42.5 Å². The predicted molar refractivity (Wildman–Crippen MR) is 118 cm³/mol. The molecule has 6 nitrogen and oxygen atoms in total. The number of aryl methyl sites for hydroxylation is 1. The summed E-state index contributed by atoms with van der Waals surface area (Å²) in [6, 6.07) is 17.9. The lowest BCUT2D eigenvalue weighted by Crippen LogP contribution is -2.36. The first-order chi connectivity index (χ1) is 15.1. The molecule has 1 N–H and O–H groups in total. The van der Waals surface area contributed by atoms with E-state index in [2.05, 4.69) is 22.4 Å². The van der Waals surface area contributed by atoms with Crippen LogP contribution in [0.4, 0.5) is 0 Å². The lowest BCUT2D eigenvalue weighted by molar-refractivity contribution is -0.132. The van der Waals surface area contributed by atoms with Crippen LogP contribution in [0.3, 0.4) is 0 Å². The molecule has 160 valence electrons. The standard InChI is InChI=1S/C25H27N3O3/c1-18-22(27-25(31-18)20-9-3-2-4-10-20)16-23(29)26-14-7-12-24(30)28-15-13-19-8-5-6-11-21(19)17-28/h2-6,8-11H,7,12-17H2,1H3,(H,26,29). The molecule has 0 fully saturated rings. The topological polar surface area (TPSA) is 75.4 Å². The first-order valence-corrected chi connectivity index (χ1v) is 10.7. The molecule has 0 saturated heterocycles. The number of hydrogen-bond donors (Lipinski definition) is 1. The van der Waals surface area contributed by atoms with Gasteiger partial charge in [0.15, 0.2) is 0 Å². The van der Waals surface area contributed by atoms with Crippen molar-refractivity contribution in [3.05, 3.63) is 77.2 Å². The van der Waals surface area contributed by atoms with Crippen molar-refractivity contribution in [2.45, 2.75) is 39.2 Å². The summed E-state index contributed by atoms with van der Waals surface area (Å²) >= 11 is 0. The highest BCUT2D eigenvalue weighted by Gasteiger charge is 2.20. The van der Waals surface area contributed by atoms with Crippen LogP contribution in [0.2, 0.25) is 0 Å². The summed E-state index contributed by atoms with van der Waals surface area (Å²) in [6.45, 7) is 3.73. The molecule has 2 heterocycles. The van der Waals surface area contributed by atoms with Gasteiger partial charge >= 0.3 is 0 Å². The van der Waals surface area contributed by atoms with Crippen LogP contribution in [0.5, 0.6) is 0 Å². The van der Waals surface area contributed by atoms with Gasteiger partial charge in [0.1, 0.15) is 5.76 Å². The highest BCUT2D eigenvalue weighted by Crippen LogP contribution is 2.22. The maximum Gasteiger partial charge on any atom is 0.226 e. The molecule has 0 unspecified atom stereocenters. The first-order valence-electron chi connectivity index (χ1n) is 10.7. The molecule has 0 saturated carbocycles. The monoisotopic (exact) mass is 417 g/mol. The summed E-state index contributed by atoms with van der Waals surface area (Å²) in [6.07, 6.45) is 2.12. The number of fused-ring (bicyclic) bond motifs is 1. The fourth-order valence-corrected chi connectivity index (χ4v) is 3.84. The molecular formula is C25H27N3O3. The fourth-order valence-electron chi connectivity index (χ4n) is 3.84. The van der Waals surface area contributed by atoms with Crippen molar-refractivity contribution >= 4 is 11.8 Å². The first kappa shape index (κ1) is 20.8. The third-order valence-corrected chi connectivity index (χ3v) is 5.61. The lowest BCUT2D eigenvalue weighted by atomic mass is 9.99. The Balaban J connectivity index is 1.21. The van der Waals surface area contributed by atoms with Crippen molar-refractivity contribution in [2.75, 3.05) is 13.1 Å². The van der Waals surface area contributed by atoms with Crippen LogP contribution in [-0.2, 0) is 29.0 Å². The van der Waals surface area contributed by atoms with E-state index in [-0.39, 0.29) is 18.2 Å². The number of oxazole rings is 1. The lowest BCUT2D eigenvalue weighted by Gasteiger charge is -2.29. The van der Waals surface area contributed by atoms with Crippen molar-refractivity contribution in [3.8, 4) is 11.5 Å². The maximum absolute atomic E-state index is 12.5. The summed E-state index contributed by atoms with van der Waals surface area (Å²) in [5, 5.41) is 2.89. The zero-order valence-electron chi connectivity index (χ0n) is 17.8. The number of rotatable bonds is 7. The van der Waals surface area contributed by atoms with Crippen LogP contribution in [0.1, 0.15) is 35.4 Å². The third kappa shape index (κ3) is 5.20. The van der Waals surface area contributed by atoms with Crippen LogP contribution in [0, 0.1) is 6.92 Å². The minimum atomic E-state index is -0.115. The Morgan fingerprint density at radius 3 is 2.61 bits per heavy atom. The Morgan fingerprint density at radius 2 is 1.81 bits per heavy atom. The van der Waals surface area contributed by atoms with E-state index < -0.39 is 0 Å². The van der Waals surface area contributed by atoms with Gasteiger partial charge in [0.25, 0.3) is 0 Å². The number of hydrogen-bond acceptors (Lipinski definition) is 4. The second-order valence-electron chi connectivity index (χ2n) is 7.85. The highest BCUT2D eigenvalue weighted by atomic mass is 16.4. The molecule has 1 aliphatic rings. The van der Waals surface area contributed by atoms with Gasteiger partial charge in [-0.3, -0.25) is 9.59 Å². The number of nitrogens with zero attached hydrogens (tertiary/aromatic N) is 2. The van der Waals surface area contributed by atoms with Gasteiger partial charge < -0.3 is 14.6 Å². The van der Waals surface area contributed by atoms with E-state index in [9.17, 15) is 9.59 Å². The Labute approximate surface area is 182 Å². The molecule has 1 aliphatic heterocycles. The van der Waals surface area contributed by atoms with E-state index in [1.54, 1.807) is 0 Å². The molecule has 31 heavy (non-hydrogen) atoms. The number of amides is 2. The van der Waals surface area contributed by atoms with Crippen LogP contribution in [0.25, 0.3) is 11.5 Å². The van der Waals surface area contributed by atoms with Gasteiger partial charge in [-0.25, -0.2) is 4.98 Å². The number of benzene rings is 2. The zero-order chi connectivity index (χ0) is 21.6. The van der Waals surface area contributed by atoms with E-state index >= 15 is 0 Å². The van der Waals surface area contributed by atoms with E-state index in [1.165, 1.54) is 11.1 Å². The number of carbonyl (C=O) groups is 2. The normalized spacial score (nSPS) is 13.0. The molecule has 1 aromatic heterocycles. The van der Waals surface area contributed by atoms with Gasteiger partial charge in [0.2, 0.25) is 17.7 Å². The summed E-state index contributed by atoms with van der Waals surface area (Å²) in [5.74, 6) is 1.20. The minimum absolute atomic E-state index is 0.115. The van der Waals surface area contributed by atoms with Crippen LogP contribution in [-0.4, -0.2) is 34.8 Å². The second kappa shape index (κ2) is 9.60. The van der Waals surface area contributed by atoms with Gasteiger partial charge in [0.05, 0.1) is 12.1 Å². The van der Waals surface area contributed by atoms with Crippen LogP contribution in [0.15, 0.2) is 59.0 Å². The molecule has 4 rings (SSSR count). The molecule has 0 atom stereocenters. The van der Waals surface area contributed by atoms with Crippen molar-refractivity contribution in [1.82, 2.24) is 15.2 Å². The average Bonchev–Trinajstić information content (AvgIpc) is 3.17. The molecular weight excluding hydrogens is 390 g/mol. The van der Waals surface area contributed by atoms with Crippen molar-refractivity contribution in [2.24, 2.45) is 0 Å². The average molecular weight is 418 g/mol. The zero-order valence-corrected chi connectivity index (χ0v) is 17.8. The van der Waals surface area contributed by atoms with Gasteiger partial charge in [-0.05, 0) is 43.0 Å². The van der Waals surface area contributed by atoms with E-state index in [0.29, 0.717) is 43.3 Å². The minimum Gasteiger partial charge on any atom is -0.441 e. The predicted octanol–water partition coefficient (Wildman–Crippen LogP) is 3.67. The summed E-state index contributed by atoms with van der Waals surface area (Å²) in [5.41, 5.74) is 4.08. The SMILES string of the molecule is Cc1oc(-c2ccccc2)nc1CC(=O)NCCCC(=O)N1CCc2ccccc2C1. The molecule has 2 amide bonds. The number of carbonyl (C=O) groups excluding carboxylic acids is 2. The summed E-state index contributed by atoms with van der Waals surface area (Å²) in [7, 11) is 0. The quantitative estimate of drug-likeness (QED) is 0.595. The van der Waals surface area contributed by atoms with Crippen molar-refractivity contribution in [3.63, 3.8) is 0 Å². The number of aromatic nitrogens is 1. The molecule has 0 aliphatic carbocycles. The molecule has 3 aromatic rings. The van der Waals surface area contributed by atoms with Gasteiger partial charge in [-0.2, -0.15) is 0 Å². The largest absolute Gasteiger partial charge is 0.441 e. The van der Waals surface area contributed by atoms with E-state index in [0.717, 1.165) is 18.5 Å². The van der Waals surface area contributed by atoms with E-state index in [1.807, 2.05) is 54.3 Å². The van der Waals surface area contributed by atoms with E-state index in [4.69, 9.17) is 4.42 Å². The molecule has 0 bridgehead atoms. The smallest absolute Gasteiger partial charge is 0.226 e. The molecule has 0 radical (unpaired) electrons. The van der Waals surface area contributed by atoms with Gasteiger partial charge in [-0.15, -0.1) is 0 Å². The third-order valence-electron chi connectivity index (χ3n) is 5.61.